The largest absolute Gasteiger partial charge is 0.495 e. The zero-order chi connectivity index (χ0) is 13.8. The minimum Gasteiger partial charge on any atom is -0.495 e. The van der Waals surface area contributed by atoms with Gasteiger partial charge in [-0.2, -0.15) is 4.99 Å². The molecule has 0 aliphatic heterocycles. The van der Waals surface area contributed by atoms with Crippen LogP contribution in [-0.2, 0) is 0 Å². The molecule has 0 atom stereocenters. The first-order valence-corrected chi connectivity index (χ1v) is 5.46. The fraction of sp³-hybridized carbons (Fsp3) is 0.0833. The van der Waals surface area contributed by atoms with Crippen molar-refractivity contribution in [3.63, 3.8) is 0 Å². The number of methoxy groups -OCH3 is 1. The molecule has 6 N–H and O–H groups in total. The van der Waals surface area contributed by atoms with Crippen LogP contribution in [-0.4, -0.2) is 24.0 Å². The van der Waals surface area contributed by atoms with E-state index in [0.29, 0.717) is 17.0 Å². The van der Waals surface area contributed by atoms with Gasteiger partial charge in [0.15, 0.2) is 5.96 Å². The Morgan fingerprint density at radius 1 is 1.26 bits per heavy atom. The van der Waals surface area contributed by atoms with E-state index < -0.39 is 0 Å². The zero-order valence-electron chi connectivity index (χ0n) is 10.4. The van der Waals surface area contributed by atoms with Crippen molar-refractivity contribution in [2.24, 2.45) is 27.2 Å². The Hall–Kier alpha value is -2.83. The number of fused-ring (bicyclic) bond motifs is 1. The summed E-state index contributed by atoms with van der Waals surface area (Å²) < 4.78 is 5.12. The maximum absolute atomic E-state index is 5.60. The summed E-state index contributed by atoms with van der Waals surface area (Å²) in [6, 6.07) is 7.38. The summed E-state index contributed by atoms with van der Waals surface area (Å²) in [5.41, 5.74) is 17.3. The lowest BCUT2D eigenvalue weighted by Gasteiger charge is -2.04. The van der Waals surface area contributed by atoms with Crippen molar-refractivity contribution in [1.29, 1.82) is 0 Å². The topological polar surface area (TPSA) is 125 Å². The number of nitrogens with two attached hydrogens (primary N) is 3. The number of ether oxygens (including phenoxy) is 1. The molecular formula is C12H14N6O. The lowest BCUT2D eigenvalue weighted by Crippen LogP contribution is -2.26. The van der Waals surface area contributed by atoms with Crippen LogP contribution in [0.1, 0.15) is 0 Å². The van der Waals surface area contributed by atoms with E-state index in [1.165, 1.54) is 0 Å². The second-order valence-electron chi connectivity index (χ2n) is 3.73. The van der Waals surface area contributed by atoms with Gasteiger partial charge in [0.05, 0.1) is 24.5 Å². The standard InChI is InChI=1S/C12H14N6O/c1-19-8-5-7-3-2-4-9(10(7)16-6-8)17-12(15)18-11(13)14/h2-6H,1H3,(H6,13,14,15,17,18). The molecule has 7 nitrogen and oxygen atoms in total. The molecule has 0 unspecified atom stereocenters. The molecule has 0 aliphatic rings. The minimum absolute atomic E-state index is 0.0230. The first-order valence-electron chi connectivity index (χ1n) is 5.46. The second-order valence-corrected chi connectivity index (χ2v) is 3.73. The molecule has 0 radical (unpaired) electrons. The number of aromatic nitrogens is 1. The van der Waals surface area contributed by atoms with Gasteiger partial charge in [-0.25, -0.2) is 4.99 Å². The number of nitrogens with zero attached hydrogens (tertiary/aromatic N) is 3. The molecule has 0 saturated heterocycles. The third kappa shape index (κ3) is 2.89. The van der Waals surface area contributed by atoms with Gasteiger partial charge < -0.3 is 21.9 Å². The van der Waals surface area contributed by atoms with Crippen molar-refractivity contribution in [1.82, 2.24) is 4.98 Å². The number of pyridine rings is 1. The number of benzene rings is 1. The fourth-order valence-corrected chi connectivity index (χ4v) is 1.61. The van der Waals surface area contributed by atoms with E-state index in [2.05, 4.69) is 15.0 Å². The zero-order valence-corrected chi connectivity index (χ0v) is 10.4. The lowest BCUT2D eigenvalue weighted by molar-refractivity contribution is 0.414. The Kier molecular flexibility index (Phi) is 3.46. The van der Waals surface area contributed by atoms with E-state index in [4.69, 9.17) is 21.9 Å². The second kappa shape index (κ2) is 5.21. The van der Waals surface area contributed by atoms with Gasteiger partial charge in [0.1, 0.15) is 5.75 Å². The third-order valence-corrected chi connectivity index (χ3v) is 2.38. The molecule has 0 bridgehead atoms. The summed E-state index contributed by atoms with van der Waals surface area (Å²) in [5.74, 6) is 0.507. The van der Waals surface area contributed by atoms with Crippen LogP contribution in [0.25, 0.3) is 10.9 Å². The number of hydrogen-bond acceptors (Lipinski definition) is 3. The van der Waals surface area contributed by atoms with E-state index in [9.17, 15) is 0 Å². The van der Waals surface area contributed by atoms with E-state index in [1.54, 1.807) is 19.4 Å². The van der Waals surface area contributed by atoms with E-state index in [1.807, 2.05) is 18.2 Å². The van der Waals surface area contributed by atoms with Crippen molar-refractivity contribution < 1.29 is 4.74 Å². The SMILES string of the molecule is COc1cnc2c(N=C(N)N=C(N)N)cccc2c1. The summed E-state index contributed by atoms with van der Waals surface area (Å²) in [6.45, 7) is 0. The Morgan fingerprint density at radius 2 is 2.05 bits per heavy atom. The number of rotatable bonds is 2. The van der Waals surface area contributed by atoms with E-state index in [-0.39, 0.29) is 11.9 Å². The first kappa shape index (κ1) is 12.6. The Balaban J connectivity index is 2.53. The van der Waals surface area contributed by atoms with E-state index in [0.717, 1.165) is 5.39 Å². The summed E-state index contributed by atoms with van der Waals surface area (Å²) in [4.78, 5) is 12.1. The molecule has 98 valence electrons. The molecular weight excluding hydrogens is 244 g/mol. The highest BCUT2D eigenvalue weighted by Crippen LogP contribution is 2.26. The molecule has 7 heteroatoms. The van der Waals surface area contributed by atoms with Crippen LogP contribution in [0.4, 0.5) is 5.69 Å². The van der Waals surface area contributed by atoms with Crippen molar-refractivity contribution in [3.05, 3.63) is 30.5 Å². The van der Waals surface area contributed by atoms with Crippen molar-refractivity contribution >= 4 is 28.5 Å². The predicted octanol–water partition coefficient (Wildman–Crippen LogP) is 0.463. The molecule has 0 saturated carbocycles. The van der Waals surface area contributed by atoms with Gasteiger partial charge in [-0.1, -0.05) is 12.1 Å². The summed E-state index contributed by atoms with van der Waals surface area (Å²) in [7, 11) is 1.58. The number of aliphatic imine (C=N–C) groups is 2. The molecule has 0 spiro atoms. The van der Waals surface area contributed by atoms with Gasteiger partial charge in [-0.15, -0.1) is 0 Å². The monoisotopic (exact) mass is 258 g/mol. The maximum atomic E-state index is 5.60. The Labute approximate surface area is 109 Å². The highest BCUT2D eigenvalue weighted by molar-refractivity contribution is 5.97. The van der Waals surface area contributed by atoms with Crippen molar-refractivity contribution in [3.8, 4) is 5.75 Å². The molecule has 1 aromatic carbocycles. The lowest BCUT2D eigenvalue weighted by atomic mass is 10.2. The molecule has 2 aromatic rings. The number of guanidine groups is 2. The Bertz CT molecular complexity index is 660. The normalized spacial score (nSPS) is 11.3. The predicted molar refractivity (Wildman–Crippen MR) is 75.4 cm³/mol. The molecule has 0 aliphatic carbocycles. The van der Waals surface area contributed by atoms with Crippen LogP contribution in [0.15, 0.2) is 40.4 Å². The third-order valence-electron chi connectivity index (χ3n) is 2.38. The molecule has 1 aromatic heterocycles. The van der Waals surface area contributed by atoms with E-state index >= 15 is 0 Å². The van der Waals surface area contributed by atoms with Gasteiger partial charge in [0.25, 0.3) is 0 Å². The average Bonchev–Trinajstić information content (AvgIpc) is 2.37. The minimum atomic E-state index is -0.142. The van der Waals surface area contributed by atoms with Gasteiger partial charge >= 0.3 is 0 Å². The maximum Gasteiger partial charge on any atom is 0.223 e. The summed E-state index contributed by atoms with van der Waals surface area (Å²) >= 11 is 0. The van der Waals surface area contributed by atoms with Gasteiger partial charge in [-0.05, 0) is 12.1 Å². The highest BCUT2D eigenvalue weighted by Gasteiger charge is 2.03. The number of para-hydroxylation sites is 1. The fourth-order valence-electron chi connectivity index (χ4n) is 1.61. The van der Waals surface area contributed by atoms with Crippen LogP contribution in [0, 0.1) is 0 Å². The van der Waals surface area contributed by atoms with Gasteiger partial charge in [-0.3, -0.25) is 4.98 Å². The van der Waals surface area contributed by atoms with Crippen molar-refractivity contribution in [2.45, 2.75) is 0 Å². The van der Waals surface area contributed by atoms with Crippen molar-refractivity contribution in [2.75, 3.05) is 7.11 Å². The molecule has 19 heavy (non-hydrogen) atoms. The van der Waals surface area contributed by atoms with Gasteiger partial charge in [0.2, 0.25) is 5.96 Å². The molecule has 0 amide bonds. The van der Waals surface area contributed by atoms with Crippen LogP contribution >= 0.6 is 0 Å². The summed E-state index contributed by atoms with van der Waals surface area (Å²) in [5, 5.41) is 0.887. The Morgan fingerprint density at radius 3 is 2.74 bits per heavy atom. The van der Waals surface area contributed by atoms with Crippen LogP contribution in [0.3, 0.4) is 0 Å². The van der Waals surface area contributed by atoms with Crippen LogP contribution < -0.4 is 21.9 Å². The average molecular weight is 258 g/mol. The molecule has 0 fully saturated rings. The molecule has 1 heterocycles. The summed E-state index contributed by atoms with van der Waals surface area (Å²) in [6.07, 6.45) is 1.61. The smallest absolute Gasteiger partial charge is 0.223 e. The van der Waals surface area contributed by atoms with Crippen LogP contribution in [0.2, 0.25) is 0 Å². The van der Waals surface area contributed by atoms with Gasteiger partial charge in [0, 0.05) is 5.39 Å². The van der Waals surface area contributed by atoms with Crippen LogP contribution in [0.5, 0.6) is 5.75 Å². The first-order chi connectivity index (χ1) is 9.10. The quantitative estimate of drug-likeness (QED) is 0.533. The number of hydrogen-bond donors (Lipinski definition) is 3. The highest BCUT2D eigenvalue weighted by atomic mass is 16.5. The molecule has 2 rings (SSSR count).